The number of carbonyl (C=O) groups is 1. The molecule has 3 aromatic heterocycles. The second kappa shape index (κ2) is 7.24. The van der Waals surface area contributed by atoms with Crippen LogP contribution in [0.3, 0.4) is 0 Å². The average molecular weight is 410 g/mol. The topological polar surface area (TPSA) is 57.0 Å². The van der Waals surface area contributed by atoms with Crippen molar-refractivity contribution in [1.82, 2.24) is 14.5 Å². The van der Waals surface area contributed by atoms with Gasteiger partial charge in [-0.1, -0.05) is 6.42 Å². The summed E-state index contributed by atoms with van der Waals surface area (Å²) < 4.78 is 7.99. The molecule has 0 unspecified atom stereocenters. The Hall–Kier alpha value is -2.21. The molecule has 5 nitrogen and oxygen atoms in total. The van der Waals surface area contributed by atoms with E-state index in [-0.39, 0.29) is 0 Å². The highest BCUT2D eigenvalue weighted by Crippen LogP contribution is 2.44. The second-order valence-electron chi connectivity index (χ2n) is 8.62. The van der Waals surface area contributed by atoms with Crippen LogP contribution in [0.4, 0.5) is 0 Å². The number of hydrogen-bond acceptors (Lipinski definition) is 5. The standard InChI is InChI=1S/C23H27N3O2S/c1-15-12-16(2)24-22-20(15)25-21(17-6-7-17)26(22)13-18-8-9-19(29-18)23(28-14-27)10-4-3-5-11-23/h8-9,12,14,17H,3-7,10-11,13H2,1-2H3. The van der Waals surface area contributed by atoms with Crippen molar-refractivity contribution in [3.8, 4) is 0 Å². The summed E-state index contributed by atoms with van der Waals surface area (Å²) in [6.45, 7) is 5.58. The van der Waals surface area contributed by atoms with Crippen LogP contribution in [-0.4, -0.2) is 21.0 Å². The van der Waals surface area contributed by atoms with Gasteiger partial charge in [0.25, 0.3) is 6.47 Å². The smallest absolute Gasteiger partial charge is 0.294 e. The Morgan fingerprint density at radius 2 is 2.00 bits per heavy atom. The minimum Gasteiger partial charge on any atom is -0.456 e. The van der Waals surface area contributed by atoms with Crippen LogP contribution in [-0.2, 0) is 21.7 Å². The van der Waals surface area contributed by atoms with Crippen LogP contribution in [0.15, 0.2) is 18.2 Å². The molecule has 0 amide bonds. The van der Waals surface area contributed by atoms with Gasteiger partial charge in [-0.25, -0.2) is 9.97 Å². The Bertz CT molecular complexity index is 1060. The summed E-state index contributed by atoms with van der Waals surface area (Å²) in [6.07, 6.45) is 7.72. The molecule has 0 radical (unpaired) electrons. The Kier molecular flexibility index (Phi) is 4.69. The number of hydrogen-bond donors (Lipinski definition) is 0. The maximum absolute atomic E-state index is 11.2. The third-order valence-electron chi connectivity index (χ3n) is 6.35. The number of pyridine rings is 1. The molecule has 152 valence electrons. The van der Waals surface area contributed by atoms with E-state index in [1.54, 1.807) is 11.3 Å². The first kappa shape index (κ1) is 18.8. The van der Waals surface area contributed by atoms with Crippen molar-refractivity contribution in [2.24, 2.45) is 0 Å². The van der Waals surface area contributed by atoms with Crippen LogP contribution in [0.5, 0.6) is 0 Å². The highest BCUT2D eigenvalue weighted by Gasteiger charge is 2.37. The average Bonchev–Trinajstić information content (AvgIpc) is 3.33. The molecule has 2 fully saturated rings. The van der Waals surface area contributed by atoms with E-state index in [2.05, 4.69) is 29.7 Å². The Balaban J connectivity index is 1.52. The largest absolute Gasteiger partial charge is 0.456 e. The summed E-state index contributed by atoms with van der Waals surface area (Å²) in [4.78, 5) is 23.5. The van der Waals surface area contributed by atoms with E-state index in [0.717, 1.165) is 49.1 Å². The molecule has 0 saturated heterocycles. The van der Waals surface area contributed by atoms with E-state index in [1.165, 1.54) is 40.4 Å². The monoisotopic (exact) mass is 409 g/mol. The van der Waals surface area contributed by atoms with Gasteiger partial charge in [0.1, 0.15) is 16.9 Å². The van der Waals surface area contributed by atoms with Gasteiger partial charge in [0, 0.05) is 21.4 Å². The maximum atomic E-state index is 11.2. The summed E-state index contributed by atoms with van der Waals surface area (Å²) in [5.74, 6) is 1.74. The molecule has 0 spiro atoms. The summed E-state index contributed by atoms with van der Waals surface area (Å²) in [7, 11) is 0. The molecule has 3 aromatic rings. The number of fused-ring (bicyclic) bond motifs is 1. The number of aryl methyl sites for hydroxylation is 2. The van der Waals surface area contributed by atoms with E-state index in [1.807, 2.05) is 6.92 Å². The SMILES string of the molecule is Cc1cc(C)c2nc(C3CC3)n(Cc3ccc(C4(OC=O)CCCCC4)s3)c2n1. The predicted octanol–water partition coefficient (Wildman–Crippen LogP) is 5.37. The zero-order valence-electron chi connectivity index (χ0n) is 17.1. The first-order valence-corrected chi connectivity index (χ1v) is 11.5. The molecular weight excluding hydrogens is 382 g/mol. The Morgan fingerprint density at radius 1 is 1.21 bits per heavy atom. The van der Waals surface area contributed by atoms with Crippen LogP contribution < -0.4 is 0 Å². The molecular formula is C23H27N3O2S. The van der Waals surface area contributed by atoms with Crippen molar-refractivity contribution < 1.29 is 9.53 Å². The van der Waals surface area contributed by atoms with Gasteiger partial charge in [-0.2, -0.15) is 0 Å². The van der Waals surface area contributed by atoms with E-state index in [4.69, 9.17) is 14.7 Å². The van der Waals surface area contributed by atoms with E-state index >= 15 is 0 Å². The Labute approximate surface area is 175 Å². The summed E-state index contributed by atoms with van der Waals surface area (Å²) in [6, 6.07) is 6.47. The zero-order chi connectivity index (χ0) is 20.0. The van der Waals surface area contributed by atoms with Crippen LogP contribution >= 0.6 is 11.3 Å². The summed E-state index contributed by atoms with van der Waals surface area (Å²) in [5, 5.41) is 0. The minimum atomic E-state index is -0.426. The molecule has 29 heavy (non-hydrogen) atoms. The van der Waals surface area contributed by atoms with Crippen LogP contribution in [0, 0.1) is 13.8 Å². The van der Waals surface area contributed by atoms with Crippen molar-refractivity contribution in [3.63, 3.8) is 0 Å². The highest BCUT2D eigenvalue weighted by atomic mass is 32.1. The molecule has 0 atom stereocenters. The fourth-order valence-electron chi connectivity index (χ4n) is 4.73. The lowest BCUT2D eigenvalue weighted by molar-refractivity contribution is -0.148. The van der Waals surface area contributed by atoms with E-state index in [9.17, 15) is 4.79 Å². The van der Waals surface area contributed by atoms with Gasteiger partial charge in [0.05, 0.1) is 6.54 Å². The molecule has 2 aliphatic rings. The fourth-order valence-corrected chi connectivity index (χ4v) is 5.92. The van der Waals surface area contributed by atoms with Gasteiger partial charge in [-0.15, -0.1) is 11.3 Å². The number of nitrogens with zero attached hydrogens (tertiary/aromatic N) is 3. The van der Waals surface area contributed by atoms with Gasteiger partial charge < -0.3 is 9.30 Å². The first-order valence-electron chi connectivity index (χ1n) is 10.6. The predicted molar refractivity (Wildman–Crippen MR) is 114 cm³/mol. The molecule has 0 aromatic carbocycles. The van der Waals surface area contributed by atoms with Crippen LogP contribution in [0.25, 0.3) is 11.2 Å². The molecule has 0 N–H and O–H groups in total. The number of aromatic nitrogens is 3. The minimum absolute atomic E-state index is 0.426. The number of ether oxygens (including phenoxy) is 1. The molecule has 2 saturated carbocycles. The fraction of sp³-hybridized carbons (Fsp3) is 0.522. The van der Waals surface area contributed by atoms with Crippen molar-refractivity contribution in [2.75, 3.05) is 0 Å². The van der Waals surface area contributed by atoms with Crippen molar-refractivity contribution in [3.05, 3.63) is 45.0 Å². The van der Waals surface area contributed by atoms with Crippen molar-refractivity contribution in [1.29, 1.82) is 0 Å². The first-order chi connectivity index (χ1) is 14.1. The molecule has 0 aliphatic heterocycles. The molecule has 3 heterocycles. The normalized spacial score (nSPS) is 18.8. The quantitative estimate of drug-likeness (QED) is 0.514. The number of carbonyl (C=O) groups excluding carboxylic acids is 1. The van der Waals surface area contributed by atoms with Gasteiger partial charge in [-0.3, -0.25) is 4.79 Å². The maximum Gasteiger partial charge on any atom is 0.294 e. The highest BCUT2D eigenvalue weighted by molar-refractivity contribution is 7.12. The number of imidazole rings is 1. The van der Waals surface area contributed by atoms with E-state index < -0.39 is 5.60 Å². The lowest BCUT2D eigenvalue weighted by Crippen LogP contribution is -2.30. The number of rotatable bonds is 6. The van der Waals surface area contributed by atoms with E-state index in [0.29, 0.717) is 12.4 Å². The molecule has 0 bridgehead atoms. The third-order valence-corrected chi connectivity index (χ3v) is 7.61. The van der Waals surface area contributed by atoms with Gasteiger partial charge in [0.15, 0.2) is 5.65 Å². The van der Waals surface area contributed by atoms with Gasteiger partial charge >= 0.3 is 0 Å². The van der Waals surface area contributed by atoms with Crippen molar-refractivity contribution in [2.45, 2.75) is 76.9 Å². The molecule has 2 aliphatic carbocycles. The lowest BCUT2D eigenvalue weighted by Gasteiger charge is -2.34. The van der Waals surface area contributed by atoms with Crippen LogP contribution in [0.2, 0.25) is 0 Å². The van der Waals surface area contributed by atoms with Gasteiger partial charge in [-0.05, 0) is 76.1 Å². The van der Waals surface area contributed by atoms with Gasteiger partial charge in [0.2, 0.25) is 0 Å². The zero-order valence-corrected chi connectivity index (χ0v) is 17.9. The second-order valence-corrected chi connectivity index (χ2v) is 9.79. The van der Waals surface area contributed by atoms with Crippen molar-refractivity contribution >= 4 is 29.0 Å². The summed E-state index contributed by atoms with van der Waals surface area (Å²) >= 11 is 1.77. The molecule has 5 rings (SSSR count). The Morgan fingerprint density at radius 3 is 2.72 bits per heavy atom. The third kappa shape index (κ3) is 3.37. The number of thiophene rings is 1. The molecule has 6 heteroatoms. The summed E-state index contributed by atoms with van der Waals surface area (Å²) in [5.41, 5.74) is 3.83. The lowest BCUT2D eigenvalue weighted by atomic mass is 9.83. The van der Waals surface area contributed by atoms with Crippen LogP contribution in [0.1, 0.15) is 77.7 Å².